The number of H-pyrrole nitrogens is 1. The molecule has 9 heteroatoms. The Morgan fingerprint density at radius 2 is 1.84 bits per heavy atom. The summed E-state index contributed by atoms with van der Waals surface area (Å²) in [4.78, 5) is 32.8. The predicted octanol–water partition coefficient (Wildman–Crippen LogP) is 2.62. The Morgan fingerprint density at radius 3 is 2.53 bits per heavy atom. The van der Waals surface area contributed by atoms with Crippen molar-refractivity contribution >= 4 is 22.7 Å². The summed E-state index contributed by atoms with van der Waals surface area (Å²) in [5.41, 5.74) is 3.91. The number of aromatic carboxylic acids is 1. The molecule has 162 valence electrons. The van der Waals surface area contributed by atoms with Crippen LogP contribution >= 0.6 is 0 Å². The van der Waals surface area contributed by atoms with E-state index in [0.717, 1.165) is 35.3 Å². The average Bonchev–Trinajstić information content (AvgIpc) is 3.16. The SMILES string of the molecule is Cc1nn(-c2cc[nH]c(=O)c2)c2nc(C(=O)O)cc(-c3ccc(N4CCOCC4)cc3)c12. The fraction of sp³-hybridized carbons (Fsp3) is 0.217. The van der Waals surface area contributed by atoms with Gasteiger partial charge in [0, 0.05) is 31.0 Å². The van der Waals surface area contributed by atoms with Gasteiger partial charge in [0.2, 0.25) is 5.56 Å². The summed E-state index contributed by atoms with van der Waals surface area (Å²) in [7, 11) is 0. The zero-order valence-corrected chi connectivity index (χ0v) is 17.4. The molecule has 0 saturated carbocycles. The Morgan fingerprint density at radius 1 is 1.09 bits per heavy atom. The standard InChI is InChI=1S/C23H21N5O4/c1-14-21-18(15-2-4-16(5-3-15)27-8-10-32-11-9-27)13-19(23(30)31)25-22(21)28(26-14)17-6-7-24-20(29)12-17/h2-7,12-13H,8-11H2,1H3,(H,24,29)(H,30,31). The third-order valence-corrected chi connectivity index (χ3v) is 5.59. The molecule has 5 rings (SSSR count). The Balaban J connectivity index is 1.67. The maximum atomic E-state index is 11.8. The van der Waals surface area contributed by atoms with Crippen LogP contribution in [0.2, 0.25) is 0 Å². The van der Waals surface area contributed by atoms with Gasteiger partial charge in [-0.1, -0.05) is 12.1 Å². The number of ether oxygens (including phenoxy) is 1. The summed E-state index contributed by atoms with van der Waals surface area (Å²) in [5, 5.41) is 15.0. The molecule has 1 aromatic carbocycles. The molecular formula is C23H21N5O4. The normalized spacial score (nSPS) is 14.1. The number of benzene rings is 1. The summed E-state index contributed by atoms with van der Waals surface area (Å²) < 4.78 is 6.93. The van der Waals surface area contributed by atoms with Crippen molar-refractivity contribution in [2.45, 2.75) is 6.92 Å². The first-order chi connectivity index (χ1) is 15.5. The second-order valence-electron chi connectivity index (χ2n) is 7.61. The first-order valence-electron chi connectivity index (χ1n) is 10.3. The quantitative estimate of drug-likeness (QED) is 0.511. The van der Waals surface area contributed by atoms with Gasteiger partial charge in [0.1, 0.15) is 0 Å². The molecule has 0 spiro atoms. The number of rotatable bonds is 4. The number of carboxylic acid groups (broad SMARTS) is 1. The van der Waals surface area contributed by atoms with Gasteiger partial charge < -0.3 is 19.7 Å². The Bertz CT molecular complexity index is 1370. The van der Waals surface area contributed by atoms with E-state index >= 15 is 0 Å². The van der Waals surface area contributed by atoms with Gasteiger partial charge in [-0.15, -0.1) is 0 Å². The smallest absolute Gasteiger partial charge is 0.354 e. The minimum absolute atomic E-state index is 0.0873. The zero-order chi connectivity index (χ0) is 22.2. The van der Waals surface area contributed by atoms with Crippen molar-refractivity contribution in [2.24, 2.45) is 0 Å². The van der Waals surface area contributed by atoms with Crippen molar-refractivity contribution in [3.05, 3.63) is 70.4 Å². The highest BCUT2D eigenvalue weighted by Gasteiger charge is 2.20. The number of pyridine rings is 2. The van der Waals surface area contributed by atoms with Crippen molar-refractivity contribution in [2.75, 3.05) is 31.2 Å². The summed E-state index contributed by atoms with van der Waals surface area (Å²) in [6.07, 6.45) is 1.52. The van der Waals surface area contributed by atoms with Crippen LogP contribution in [0.25, 0.3) is 27.8 Å². The monoisotopic (exact) mass is 431 g/mol. The van der Waals surface area contributed by atoms with Crippen LogP contribution in [-0.4, -0.2) is 57.1 Å². The number of aromatic amines is 1. The lowest BCUT2D eigenvalue weighted by Gasteiger charge is -2.29. The number of hydrogen-bond acceptors (Lipinski definition) is 6. The minimum Gasteiger partial charge on any atom is -0.477 e. The molecular weight excluding hydrogens is 410 g/mol. The average molecular weight is 431 g/mol. The van der Waals surface area contributed by atoms with Crippen LogP contribution in [0, 0.1) is 6.92 Å². The highest BCUT2D eigenvalue weighted by atomic mass is 16.5. The summed E-state index contributed by atoms with van der Waals surface area (Å²) in [6, 6.07) is 12.7. The van der Waals surface area contributed by atoms with Gasteiger partial charge in [-0.05, 0) is 42.3 Å². The molecule has 3 aromatic heterocycles. The number of morpholine rings is 1. The van der Waals surface area contributed by atoms with Gasteiger partial charge in [0.05, 0.1) is 30.0 Å². The summed E-state index contributed by atoms with van der Waals surface area (Å²) >= 11 is 0. The number of anilines is 1. The molecule has 1 fully saturated rings. The molecule has 0 amide bonds. The molecule has 1 saturated heterocycles. The number of fused-ring (bicyclic) bond motifs is 1. The predicted molar refractivity (Wildman–Crippen MR) is 120 cm³/mol. The van der Waals surface area contributed by atoms with Gasteiger partial charge >= 0.3 is 5.97 Å². The molecule has 1 aliphatic rings. The van der Waals surface area contributed by atoms with E-state index in [1.54, 1.807) is 12.1 Å². The van der Waals surface area contributed by atoms with Crippen LogP contribution in [-0.2, 0) is 4.74 Å². The van der Waals surface area contributed by atoms with Crippen LogP contribution < -0.4 is 10.5 Å². The van der Waals surface area contributed by atoms with Crippen LogP contribution in [0.1, 0.15) is 16.2 Å². The maximum absolute atomic E-state index is 11.8. The molecule has 0 unspecified atom stereocenters. The molecule has 1 aliphatic heterocycles. The highest BCUT2D eigenvalue weighted by molar-refractivity contribution is 6.00. The van der Waals surface area contributed by atoms with E-state index in [4.69, 9.17) is 4.74 Å². The van der Waals surface area contributed by atoms with E-state index in [1.165, 1.54) is 16.9 Å². The van der Waals surface area contributed by atoms with E-state index in [2.05, 4.69) is 20.0 Å². The second kappa shape index (κ2) is 7.93. The van der Waals surface area contributed by atoms with E-state index < -0.39 is 5.97 Å². The number of aromatic nitrogens is 4. The molecule has 0 bridgehead atoms. The van der Waals surface area contributed by atoms with Crippen LogP contribution in [0.15, 0.2) is 53.5 Å². The number of aryl methyl sites for hydroxylation is 1. The Labute approximate surface area is 182 Å². The van der Waals surface area contributed by atoms with Crippen LogP contribution in [0.5, 0.6) is 0 Å². The third kappa shape index (κ3) is 3.52. The second-order valence-corrected chi connectivity index (χ2v) is 7.61. The third-order valence-electron chi connectivity index (χ3n) is 5.59. The lowest BCUT2D eigenvalue weighted by Crippen LogP contribution is -2.36. The number of nitrogens with one attached hydrogen (secondary N) is 1. The fourth-order valence-electron chi connectivity index (χ4n) is 4.04. The lowest BCUT2D eigenvalue weighted by atomic mass is 10.0. The van der Waals surface area contributed by atoms with Crippen molar-refractivity contribution in [3.8, 4) is 16.8 Å². The number of carbonyl (C=O) groups is 1. The van der Waals surface area contributed by atoms with Gasteiger partial charge in [-0.2, -0.15) is 5.10 Å². The minimum atomic E-state index is -1.13. The van der Waals surface area contributed by atoms with Crippen molar-refractivity contribution < 1.29 is 14.6 Å². The number of nitrogens with zero attached hydrogens (tertiary/aromatic N) is 4. The Kier molecular flexibility index (Phi) is 4.95. The highest BCUT2D eigenvalue weighted by Crippen LogP contribution is 2.33. The molecule has 0 aliphatic carbocycles. The summed E-state index contributed by atoms with van der Waals surface area (Å²) in [5.74, 6) is -1.13. The lowest BCUT2D eigenvalue weighted by molar-refractivity contribution is 0.0691. The maximum Gasteiger partial charge on any atom is 0.354 e. The van der Waals surface area contributed by atoms with Gasteiger partial charge in [-0.25, -0.2) is 14.5 Å². The van der Waals surface area contributed by atoms with Crippen LogP contribution in [0.4, 0.5) is 5.69 Å². The number of carboxylic acids is 1. The van der Waals surface area contributed by atoms with Crippen LogP contribution in [0.3, 0.4) is 0 Å². The molecule has 0 radical (unpaired) electrons. The largest absolute Gasteiger partial charge is 0.477 e. The molecule has 32 heavy (non-hydrogen) atoms. The van der Waals surface area contributed by atoms with E-state index in [1.807, 2.05) is 31.2 Å². The van der Waals surface area contributed by atoms with E-state index in [-0.39, 0.29) is 11.3 Å². The van der Waals surface area contributed by atoms with Gasteiger partial charge in [-0.3, -0.25) is 4.79 Å². The molecule has 4 heterocycles. The molecule has 0 atom stereocenters. The van der Waals surface area contributed by atoms with Gasteiger partial charge in [0.15, 0.2) is 11.3 Å². The molecule has 4 aromatic rings. The Hall–Kier alpha value is -3.98. The van der Waals surface area contributed by atoms with Crippen molar-refractivity contribution in [1.29, 1.82) is 0 Å². The fourth-order valence-corrected chi connectivity index (χ4v) is 4.04. The van der Waals surface area contributed by atoms with E-state index in [0.29, 0.717) is 30.2 Å². The van der Waals surface area contributed by atoms with Gasteiger partial charge in [0.25, 0.3) is 0 Å². The molecule has 9 nitrogen and oxygen atoms in total. The zero-order valence-electron chi connectivity index (χ0n) is 17.4. The summed E-state index contributed by atoms with van der Waals surface area (Å²) in [6.45, 7) is 4.93. The number of hydrogen-bond donors (Lipinski definition) is 2. The first-order valence-corrected chi connectivity index (χ1v) is 10.3. The van der Waals surface area contributed by atoms with E-state index in [9.17, 15) is 14.7 Å². The topological polar surface area (TPSA) is 113 Å². The first kappa shape index (κ1) is 20.0. The molecule has 2 N–H and O–H groups in total. The van der Waals surface area contributed by atoms with Crippen molar-refractivity contribution in [3.63, 3.8) is 0 Å². The van der Waals surface area contributed by atoms with Crippen molar-refractivity contribution in [1.82, 2.24) is 19.7 Å².